The van der Waals surface area contributed by atoms with E-state index in [9.17, 15) is 14.4 Å². The molecule has 2 atom stereocenters. The molecule has 1 aromatic carbocycles. The molecular formula is C19H26N2O4S2. The largest absolute Gasteiger partial charge is 0.447 e. The topological polar surface area (TPSA) is 84.5 Å². The second-order valence-corrected chi connectivity index (χ2v) is 8.99. The summed E-state index contributed by atoms with van der Waals surface area (Å²) < 4.78 is 5.41. The van der Waals surface area contributed by atoms with Gasteiger partial charge in [-0.3, -0.25) is 14.9 Å². The summed E-state index contributed by atoms with van der Waals surface area (Å²) in [5, 5.41) is 5.39. The van der Waals surface area contributed by atoms with E-state index >= 15 is 0 Å². The number of carbonyl (C=O) groups excluding carboxylic acids is 3. The van der Waals surface area contributed by atoms with Gasteiger partial charge in [0, 0.05) is 29.5 Å². The zero-order valence-electron chi connectivity index (χ0n) is 15.4. The van der Waals surface area contributed by atoms with Gasteiger partial charge in [0.05, 0.1) is 0 Å². The number of amides is 3. The molecule has 6 nitrogen and oxygen atoms in total. The number of benzene rings is 1. The maximum atomic E-state index is 12.4. The number of urea groups is 1. The molecule has 1 fully saturated rings. The van der Waals surface area contributed by atoms with Crippen molar-refractivity contribution in [1.29, 1.82) is 0 Å². The fourth-order valence-electron chi connectivity index (χ4n) is 2.68. The van der Waals surface area contributed by atoms with Crippen LogP contribution in [0.25, 0.3) is 0 Å². The highest BCUT2D eigenvalue weighted by Crippen LogP contribution is 2.39. The molecule has 8 heteroatoms. The van der Waals surface area contributed by atoms with Crippen LogP contribution in [0, 0.1) is 0 Å². The number of hydrogen-bond acceptors (Lipinski definition) is 6. The van der Waals surface area contributed by atoms with Gasteiger partial charge in [-0.15, -0.1) is 0 Å². The van der Waals surface area contributed by atoms with Crippen LogP contribution in [-0.2, 0) is 14.3 Å². The van der Waals surface area contributed by atoms with Crippen molar-refractivity contribution in [1.82, 2.24) is 10.6 Å². The van der Waals surface area contributed by atoms with Gasteiger partial charge in [-0.1, -0.05) is 58.3 Å². The lowest BCUT2D eigenvalue weighted by Crippen LogP contribution is -2.42. The van der Waals surface area contributed by atoms with E-state index in [2.05, 4.69) is 10.6 Å². The minimum atomic E-state index is -1.14. The number of rotatable bonds is 9. The van der Waals surface area contributed by atoms with E-state index in [1.165, 1.54) is 12.2 Å². The van der Waals surface area contributed by atoms with Gasteiger partial charge in [0.25, 0.3) is 5.91 Å². The van der Waals surface area contributed by atoms with Crippen LogP contribution in [-0.4, -0.2) is 35.5 Å². The summed E-state index contributed by atoms with van der Waals surface area (Å²) in [6.07, 6.45) is 3.17. The molecule has 27 heavy (non-hydrogen) atoms. The summed E-state index contributed by atoms with van der Waals surface area (Å²) in [5.74, 6) is 0.125. The third-order valence-electron chi connectivity index (χ3n) is 4.05. The Kier molecular flexibility index (Phi) is 9.55. The molecule has 0 saturated carbocycles. The number of imide groups is 1. The Labute approximate surface area is 168 Å². The summed E-state index contributed by atoms with van der Waals surface area (Å²) >= 11 is 0. The first-order chi connectivity index (χ1) is 13.1. The standard InChI is InChI=1S/C19H26N2O4S2/c1-2-20-19(24)21-18(23)17(14-8-4-3-5-9-14)25-16(22)11-7-6-10-15-12-13-26-27-15/h3-5,8-9,15,17H,2,6-7,10-13H2,1H3,(H2,20,21,23,24)/t15-,17-/m1/s1. The van der Waals surface area contributed by atoms with E-state index in [0.717, 1.165) is 19.3 Å². The highest BCUT2D eigenvalue weighted by molar-refractivity contribution is 8.77. The average molecular weight is 411 g/mol. The Morgan fingerprint density at radius 1 is 1.22 bits per heavy atom. The highest BCUT2D eigenvalue weighted by Gasteiger charge is 2.26. The lowest BCUT2D eigenvalue weighted by molar-refractivity contribution is -0.156. The number of esters is 1. The van der Waals surface area contributed by atoms with Crippen LogP contribution < -0.4 is 10.6 Å². The molecular weight excluding hydrogens is 384 g/mol. The van der Waals surface area contributed by atoms with Crippen LogP contribution in [0.4, 0.5) is 4.79 Å². The SMILES string of the molecule is CCNC(=O)NC(=O)[C@H](OC(=O)CCCC[C@@H]1CCSS1)c1ccccc1. The molecule has 0 aromatic heterocycles. The quantitative estimate of drug-likeness (QED) is 0.366. The van der Waals surface area contributed by atoms with E-state index < -0.39 is 24.0 Å². The Balaban J connectivity index is 1.85. The van der Waals surface area contributed by atoms with Crippen molar-refractivity contribution in [2.24, 2.45) is 0 Å². The lowest BCUT2D eigenvalue weighted by atomic mass is 10.1. The third kappa shape index (κ3) is 7.84. The molecule has 1 heterocycles. The van der Waals surface area contributed by atoms with E-state index in [1.807, 2.05) is 27.7 Å². The van der Waals surface area contributed by atoms with Crippen LogP contribution in [0.15, 0.2) is 30.3 Å². The second kappa shape index (κ2) is 11.9. The number of carbonyl (C=O) groups is 3. The first-order valence-corrected chi connectivity index (χ1v) is 11.6. The Morgan fingerprint density at radius 2 is 2.00 bits per heavy atom. The molecule has 3 amide bonds. The smallest absolute Gasteiger partial charge is 0.321 e. The van der Waals surface area contributed by atoms with Crippen LogP contribution in [0.1, 0.15) is 50.7 Å². The number of nitrogens with one attached hydrogen (secondary N) is 2. The Hall–Kier alpha value is -1.67. The molecule has 1 saturated heterocycles. The second-order valence-electron chi connectivity index (χ2n) is 6.20. The number of hydrogen-bond donors (Lipinski definition) is 2. The molecule has 148 valence electrons. The zero-order chi connectivity index (χ0) is 19.5. The molecule has 0 radical (unpaired) electrons. The molecule has 2 N–H and O–H groups in total. The summed E-state index contributed by atoms with van der Waals surface area (Å²) in [5.41, 5.74) is 0.534. The van der Waals surface area contributed by atoms with Crippen LogP contribution in [0.2, 0.25) is 0 Å². The molecule has 1 aliphatic rings. The summed E-state index contributed by atoms with van der Waals surface area (Å²) in [7, 11) is 3.84. The molecule has 1 aromatic rings. The normalized spacial score (nSPS) is 17.1. The van der Waals surface area contributed by atoms with Crippen molar-refractivity contribution >= 4 is 39.5 Å². The fourth-order valence-corrected chi connectivity index (χ4v) is 5.71. The van der Waals surface area contributed by atoms with Gasteiger partial charge < -0.3 is 10.1 Å². The van der Waals surface area contributed by atoms with Crippen molar-refractivity contribution in [2.75, 3.05) is 12.3 Å². The van der Waals surface area contributed by atoms with Gasteiger partial charge in [0.2, 0.25) is 6.10 Å². The third-order valence-corrected chi connectivity index (χ3v) is 7.05. The van der Waals surface area contributed by atoms with E-state index in [1.54, 1.807) is 31.2 Å². The van der Waals surface area contributed by atoms with Gasteiger partial charge in [-0.25, -0.2) is 4.79 Å². The maximum Gasteiger partial charge on any atom is 0.321 e. The van der Waals surface area contributed by atoms with Crippen molar-refractivity contribution in [3.05, 3.63) is 35.9 Å². The Morgan fingerprint density at radius 3 is 2.67 bits per heavy atom. The average Bonchev–Trinajstić information content (AvgIpc) is 3.17. The van der Waals surface area contributed by atoms with Crippen molar-refractivity contribution in [3.8, 4) is 0 Å². The minimum Gasteiger partial charge on any atom is -0.447 e. The van der Waals surface area contributed by atoms with Gasteiger partial charge >= 0.3 is 12.0 Å². The van der Waals surface area contributed by atoms with E-state index in [0.29, 0.717) is 17.4 Å². The molecule has 0 spiro atoms. The molecule has 1 aliphatic heterocycles. The van der Waals surface area contributed by atoms with Crippen molar-refractivity contribution in [3.63, 3.8) is 0 Å². The lowest BCUT2D eigenvalue weighted by Gasteiger charge is -2.18. The van der Waals surface area contributed by atoms with Crippen molar-refractivity contribution < 1.29 is 19.1 Å². The van der Waals surface area contributed by atoms with E-state index in [-0.39, 0.29) is 6.42 Å². The highest BCUT2D eigenvalue weighted by atomic mass is 33.1. The predicted octanol–water partition coefficient (Wildman–Crippen LogP) is 3.83. The summed E-state index contributed by atoms with van der Waals surface area (Å²) in [6.45, 7) is 2.15. The fraction of sp³-hybridized carbons (Fsp3) is 0.526. The molecule has 0 aliphatic carbocycles. The van der Waals surface area contributed by atoms with Gasteiger partial charge in [-0.2, -0.15) is 0 Å². The zero-order valence-corrected chi connectivity index (χ0v) is 17.1. The van der Waals surface area contributed by atoms with Crippen LogP contribution in [0.5, 0.6) is 0 Å². The summed E-state index contributed by atoms with van der Waals surface area (Å²) in [4.78, 5) is 36.3. The summed E-state index contributed by atoms with van der Waals surface area (Å²) in [6, 6.07) is 8.11. The molecule has 0 unspecified atom stereocenters. The molecule has 2 rings (SSSR count). The number of ether oxygens (including phenoxy) is 1. The van der Waals surface area contributed by atoms with Gasteiger partial charge in [-0.05, 0) is 26.2 Å². The monoisotopic (exact) mass is 410 g/mol. The van der Waals surface area contributed by atoms with Crippen LogP contribution in [0.3, 0.4) is 0 Å². The minimum absolute atomic E-state index is 0.266. The Bertz CT molecular complexity index is 621. The molecule has 0 bridgehead atoms. The van der Waals surface area contributed by atoms with E-state index in [4.69, 9.17) is 4.74 Å². The van der Waals surface area contributed by atoms with Gasteiger partial charge in [0.1, 0.15) is 0 Å². The maximum absolute atomic E-state index is 12.4. The first kappa shape index (κ1) is 21.6. The first-order valence-electron chi connectivity index (χ1n) is 9.21. The number of unbranched alkanes of at least 4 members (excludes halogenated alkanes) is 1. The van der Waals surface area contributed by atoms with Crippen LogP contribution >= 0.6 is 21.6 Å². The van der Waals surface area contributed by atoms with Gasteiger partial charge in [0.15, 0.2) is 0 Å². The predicted molar refractivity (Wildman–Crippen MR) is 109 cm³/mol. The van der Waals surface area contributed by atoms with Crippen molar-refractivity contribution in [2.45, 2.75) is 50.4 Å².